The average molecular weight is 265 g/mol. The molecule has 0 bridgehead atoms. The molecule has 108 valence electrons. The Morgan fingerprint density at radius 2 is 2.11 bits per heavy atom. The SMILES string of the molecule is CCCC(NC)c1ccn(CC(=O)NC(C)(C)C)c1. The Morgan fingerprint density at radius 1 is 1.42 bits per heavy atom. The molecule has 0 saturated heterocycles. The van der Waals surface area contributed by atoms with Crippen LogP contribution >= 0.6 is 0 Å². The first-order valence-corrected chi connectivity index (χ1v) is 6.99. The van der Waals surface area contributed by atoms with Crippen molar-refractivity contribution >= 4 is 5.91 Å². The zero-order valence-electron chi connectivity index (χ0n) is 12.8. The Kier molecular flexibility index (Phi) is 5.60. The topological polar surface area (TPSA) is 46.1 Å². The van der Waals surface area contributed by atoms with Crippen molar-refractivity contribution in [3.63, 3.8) is 0 Å². The van der Waals surface area contributed by atoms with Gasteiger partial charge in [0.25, 0.3) is 0 Å². The van der Waals surface area contributed by atoms with Crippen molar-refractivity contribution in [1.29, 1.82) is 0 Å². The van der Waals surface area contributed by atoms with E-state index in [1.54, 1.807) is 0 Å². The molecular weight excluding hydrogens is 238 g/mol. The summed E-state index contributed by atoms with van der Waals surface area (Å²) in [6.45, 7) is 8.52. The molecule has 0 fully saturated rings. The Balaban J connectivity index is 2.62. The molecule has 0 aliphatic carbocycles. The molecule has 0 aliphatic rings. The summed E-state index contributed by atoms with van der Waals surface area (Å²) in [5.74, 6) is 0.0474. The van der Waals surface area contributed by atoms with Gasteiger partial charge in [-0.2, -0.15) is 0 Å². The molecule has 0 radical (unpaired) electrons. The average Bonchev–Trinajstić information content (AvgIpc) is 2.71. The van der Waals surface area contributed by atoms with Gasteiger partial charge < -0.3 is 15.2 Å². The van der Waals surface area contributed by atoms with E-state index in [1.165, 1.54) is 5.56 Å². The standard InChI is InChI=1S/C15H27N3O/c1-6-7-13(16-5)12-8-9-18(10-12)11-14(19)17-15(2,3)4/h8-10,13,16H,6-7,11H2,1-5H3,(H,17,19). The number of hydrogen-bond acceptors (Lipinski definition) is 2. The van der Waals surface area contributed by atoms with Gasteiger partial charge in [-0.05, 0) is 45.9 Å². The lowest BCUT2D eigenvalue weighted by molar-refractivity contribution is -0.123. The molecular formula is C15H27N3O. The molecule has 1 aromatic rings. The lowest BCUT2D eigenvalue weighted by Crippen LogP contribution is -2.42. The van der Waals surface area contributed by atoms with E-state index in [0.29, 0.717) is 12.6 Å². The summed E-state index contributed by atoms with van der Waals surface area (Å²) in [5, 5.41) is 6.28. The van der Waals surface area contributed by atoms with Crippen LogP contribution in [0.5, 0.6) is 0 Å². The van der Waals surface area contributed by atoms with Gasteiger partial charge in [0.05, 0.1) is 0 Å². The predicted octanol–water partition coefficient (Wildman–Crippen LogP) is 2.46. The summed E-state index contributed by atoms with van der Waals surface area (Å²) in [4.78, 5) is 11.9. The number of carbonyl (C=O) groups excluding carboxylic acids is 1. The highest BCUT2D eigenvalue weighted by atomic mass is 16.2. The minimum absolute atomic E-state index is 0.0474. The van der Waals surface area contributed by atoms with Gasteiger partial charge in [-0.15, -0.1) is 0 Å². The molecule has 1 rings (SSSR count). The fourth-order valence-corrected chi connectivity index (χ4v) is 2.15. The van der Waals surface area contributed by atoms with Gasteiger partial charge in [0.2, 0.25) is 5.91 Å². The molecule has 1 aromatic heterocycles. The molecule has 1 heterocycles. The first-order chi connectivity index (χ1) is 8.85. The molecule has 4 nitrogen and oxygen atoms in total. The van der Waals surface area contributed by atoms with Crippen LogP contribution < -0.4 is 10.6 Å². The van der Waals surface area contributed by atoms with Gasteiger partial charge in [0.1, 0.15) is 6.54 Å². The maximum Gasteiger partial charge on any atom is 0.240 e. The molecule has 1 unspecified atom stereocenters. The zero-order valence-corrected chi connectivity index (χ0v) is 12.8. The molecule has 0 spiro atoms. The minimum Gasteiger partial charge on any atom is -0.350 e. The normalized spacial score (nSPS) is 13.3. The Labute approximate surface area is 116 Å². The molecule has 2 N–H and O–H groups in total. The Bertz CT molecular complexity index is 404. The van der Waals surface area contributed by atoms with E-state index in [2.05, 4.69) is 29.8 Å². The van der Waals surface area contributed by atoms with Crippen LogP contribution in [0.25, 0.3) is 0 Å². The number of aromatic nitrogens is 1. The Morgan fingerprint density at radius 3 is 2.63 bits per heavy atom. The summed E-state index contributed by atoms with van der Waals surface area (Å²) in [6.07, 6.45) is 6.27. The van der Waals surface area contributed by atoms with Crippen molar-refractivity contribution in [3.8, 4) is 0 Å². The number of carbonyl (C=O) groups is 1. The van der Waals surface area contributed by atoms with E-state index in [0.717, 1.165) is 12.8 Å². The maximum absolute atomic E-state index is 11.9. The molecule has 0 aromatic carbocycles. The second-order valence-electron chi connectivity index (χ2n) is 6.05. The van der Waals surface area contributed by atoms with Gasteiger partial charge in [-0.1, -0.05) is 13.3 Å². The second kappa shape index (κ2) is 6.75. The van der Waals surface area contributed by atoms with Crippen molar-refractivity contribution in [3.05, 3.63) is 24.0 Å². The number of hydrogen-bond donors (Lipinski definition) is 2. The summed E-state index contributed by atoms with van der Waals surface area (Å²) < 4.78 is 1.94. The smallest absolute Gasteiger partial charge is 0.240 e. The number of rotatable bonds is 6. The van der Waals surface area contributed by atoms with Gasteiger partial charge in [-0.25, -0.2) is 0 Å². The first kappa shape index (κ1) is 15.8. The molecule has 1 atom stereocenters. The third-order valence-electron chi connectivity index (χ3n) is 2.94. The predicted molar refractivity (Wildman–Crippen MR) is 79.0 cm³/mol. The van der Waals surface area contributed by atoms with Gasteiger partial charge in [0.15, 0.2) is 0 Å². The van der Waals surface area contributed by atoms with Gasteiger partial charge in [0, 0.05) is 24.0 Å². The summed E-state index contributed by atoms with van der Waals surface area (Å²) in [6, 6.07) is 2.46. The third-order valence-corrected chi connectivity index (χ3v) is 2.94. The molecule has 0 saturated carbocycles. The Hall–Kier alpha value is -1.29. The molecule has 4 heteroatoms. The van der Waals surface area contributed by atoms with Crippen LogP contribution in [0, 0.1) is 0 Å². The maximum atomic E-state index is 11.9. The lowest BCUT2D eigenvalue weighted by Gasteiger charge is -2.20. The van der Waals surface area contributed by atoms with Crippen LogP contribution in [-0.2, 0) is 11.3 Å². The lowest BCUT2D eigenvalue weighted by atomic mass is 10.1. The molecule has 1 amide bonds. The monoisotopic (exact) mass is 265 g/mol. The van der Waals surface area contributed by atoms with Crippen molar-refractivity contribution in [2.24, 2.45) is 0 Å². The van der Waals surface area contributed by atoms with Crippen LogP contribution in [0.1, 0.15) is 52.1 Å². The van der Waals surface area contributed by atoms with E-state index in [-0.39, 0.29) is 11.4 Å². The van der Waals surface area contributed by atoms with Gasteiger partial charge >= 0.3 is 0 Å². The highest BCUT2D eigenvalue weighted by Crippen LogP contribution is 2.18. The van der Waals surface area contributed by atoms with E-state index in [9.17, 15) is 4.79 Å². The second-order valence-corrected chi connectivity index (χ2v) is 6.05. The van der Waals surface area contributed by atoms with Crippen LogP contribution in [0.2, 0.25) is 0 Å². The van der Waals surface area contributed by atoms with Gasteiger partial charge in [-0.3, -0.25) is 4.79 Å². The van der Waals surface area contributed by atoms with Crippen LogP contribution in [0.15, 0.2) is 18.5 Å². The van der Waals surface area contributed by atoms with E-state index < -0.39 is 0 Å². The van der Waals surface area contributed by atoms with Crippen LogP contribution in [-0.4, -0.2) is 23.1 Å². The molecule has 0 aliphatic heterocycles. The summed E-state index contributed by atoms with van der Waals surface area (Å²) in [7, 11) is 1.98. The van der Waals surface area contributed by atoms with E-state index >= 15 is 0 Å². The van der Waals surface area contributed by atoms with Crippen LogP contribution in [0.3, 0.4) is 0 Å². The van der Waals surface area contributed by atoms with Crippen molar-refractivity contribution in [2.45, 2.75) is 58.7 Å². The third kappa shape index (κ3) is 5.47. The fourth-order valence-electron chi connectivity index (χ4n) is 2.15. The van der Waals surface area contributed by atoms with Crippen molar-refractivity contribution in [2.75, 3.05) is 7.05 Å². The van der Waals surface area contributed by atoms with Crippen molar-refractivity contribution < 1.29 is 4.79 Å². The largest absolute Gasteiger partial charge is 0.350 e. The molecule has 19 heavy (non-hydrogen) atoms. The van der Waals surface area contributed by atoms with Crippen molar-refractivity contribution in [1.82, 2.24) is 15.2 Å². The quantitative estimate of drug-likeness (QED) is 0.830. The first-order valence-electron chi connectivity index (χ1n) is 6.99. The number of nitrogens with zero attached hydrogens (tertiary/aromatic N) is 1. The summed E-state index contributed by atoms with van der Waals surface area (Å²) >= 11 is 0. The number of nitrogens with one attached hydrogen (secondary N) is 2. The zero-order chi connectivity index (χ0) is 14.5. The fraction of sp³-hybridized carbons (Fsp3) is 0.667. The van der Waals surface area contributed by atoms with E-state index in [4.69, 9.17) is 0 Å². The summed E-state index contributed by atoms with van der Waals surface area (Å²) in [5.41, 5.74) is 1.07. The van der Waals surface area contributed by atoms with E-state index in [1.807, 2.05) is 38.6 Å². The van der Waals surface area contributed by atoms with Crippen LogP contribution in [0.4, 0.5) is 0 Å². The highest BCUT2D eigenvalue weighted by molar-refractivity contribution is 5.76. The highest BCUT2D eigenvalue weighted by Gasteiger charge is 2.15. The number of amides is 1. The minimum atomic E-state index is -0.178.